The molecule has 0 aliphatic carbocycles. The third-order valence-electron chi connectivity index (χ3n) is 2.12. The van der Waals surface area contributed by atoms with Crippen molar-refractivity contribution in [3.63, 3.8) is 0 Å². The summed E-state index contributed by atoms with van der Waals surface area (Å²) in [4.78, 5) is 11.0. The molecule has 2 N–H and O–H groups in total. The Morgan fingerprint density at radius 1 is 1.47 bits per heavy atom. The van der Waals surface area contributed by atoms with Crippen LogP contribution < -0.4 is 5.73 Å². The lowest BCUT2D eigenvalue weighted by atomic mass is 10.1. The standard InChI is InChI=1S/C10H9ClF3NO2/c1-17-10(16)6(15)3-4-2-5(12)9(14)7(11)8(4)13/h2,6H,3,15H2,1H3. The van der Waals surface area contributed by atoms with E-state index in [-0.39, 0.29) is 12.0 Å². The molecular weight excluding hydrogens is 259 g/mol. The zero-order valence-corrected chi connectivity index (χ0v) is 9.52. The molecule has 0 bridgehead atoms. The summed E-state index contributed by atoms with van der Waals surface area (Å²) in [6.07, 6.45) is -0.338. The summed E-state index contributed by atoms with van der Waals surface area (Å²) >= 11 is 5.24. The maximum absolute atomic E-state index is 13.4. The Morgan fingerprint density at radius 3 is 2.59 bits per heavy atom. The van der Waals surface area contributed by atoms with Crippen LogP contribution in [0.5, 0.6) is 0 Å². The quantitative estimate of drug-likeness (QED) is 0.516. The average molecular weight is 268 g/mol. The Hall–Kier alpha value is -1.27. The van der Waals surface area contributed by atoms with Gasteiger partial charge in [0.1, 0.15) is 16.9 Å². The van der Waals surface area contributed by atoms with Gasteiger partial charge in [-0.05, 0) is 11.6 Å². The van der Waals surface area contributed by atoms with Crippen LogP contribution in [0.1, 0.15) is 5.56 Å². The zero-order valence-electron chi connectivity index (χ0n) is 8.77. The van der Waals surface area contributed by atoms with E-state index in [0.717, 1.165) is 7.11 Å². The summed E-state index contributed by atoms with van der Waals surface area (Å²) in [6.45, 7) is 0. The van der Waals surface area contributed by atoms with E-state index in [1.807, 2.05) is 0 Å². The number of carbonyl (C=O) groups is 1. The van der Waals surface area contributed by atoms with E-state index >= 15 is 0 Å². The number of hydrogen-bond acceptors (Lipinski definition) is 3. The molecule has 3 nitrogen and oxygen atoms in total. The predicted molar refractivity (Wildman–Crippen MR) is 55.0 cm³/mol. The van der Waals surface area contributed by atoms with Gasteiger partial charge in [-0.3, -0.25) is 4.79 Å². The van der Waals surface area contributed by atoms with Gasteiger partial charge in [0.25, 0.3) is 0 Å². The molecule has 0 radical (unpaired) electrons. The van der Waals surface area contributed by atoms with Crippen LogP contribution in [0.2, 0.25) is 5.02 Å². The van der Waals surface area contributed by atoms with Crippen molar-refractivity contribution in [3.8, 4) is 0 Å². The molecule has 1 aromatic rings. The molecular formula is C10H9ClF3NO2. The summed E-state index contributed by atoms with van der Waals surface area (Å²) in [5.41, 5.74) is 5.08. The highest BCUT2D eigenvalue weighted by atomic mass is 35.5. The van der Waals surface area contributed by atoms with Gasteiger partial charge >= 0.3 is 5.97 Å². The van der Waals surface area contributed by atoms with Crippen LogP contribution in [0.4, 0.5) is 13.2 Å². The topological polar surface area (TPSA) is 52.3 Å². The number of rotatable bonds is 3. The largest absolute Gasteiger partial charge is 0.468 e. The number of benzene rings is 1. The fraction of sp³-hybridized carbons (Fsp3) is 0.300. The summed E-state index contributed by atoms with van der Waals surface area (Å²) in [6, 6.07) is -0.560. The number of halogens is 4. The number of ether oxygens (including phenoxy) is 1. The van der Waals surface area contributed by atoms with Crippen LogP contribution in [-0.4, -0.2) is 19.1 Å². The van der Waals surface area contributed by atoms with Gasteiger partial charge in [0.15, 0.2) is 11.6 Å². The molecule has 94 valence electrons. The van der Waals surface area contributed by atoms with E-state index < -0.39 is 34.5 Å². The number of carbonyl (C=O) groups excluding carboxylic acids is 1. The monoisotopic (exact) mass is 267 g/mol. The second-order valence-corrected chi connectivity index (χ2v) is 3.67. The van der Waals surface area contributed by atoms with Crippen molar-refractivity contribution in [2.45, 2.75) is 12.5 Å². The number of methoxy groups -OCH3 is 1. The smallest absolute Gasteiger partial charge is 0.322 e. The molecule has 0 saturated carbocycles. The fourth-order valence-corrected chi connectivity index (χ4v) is 1.45. The Morgan fingerprint density at radius 2 is 2.06 bits per heavy atom. The molecule has 1 atom stereocenters. The van der Waals surface area contributed by atoms with Gasteiger partial charge < -0.3 is 10.5 Å². The van der Waals surface area contributed by atoms with Gasteiger partial charge in [0, 0.05) is 6.42 Å². The van der Waals surface area contributed by atoms with E-state index in [0.29, 0.717) is 6.07 Å². The van der Waals surface area contributed by atoms with Crippen molar-refractivity contribution in [2.75, 3.05) is 7.11 Å². The van der Waals surface area contributed by atoms with Crippen LogP contribution in [-0.2, 0) is 16.0 Å². The highest BCUT2D eigenvalue weighted by Crippen LogP contribution is 2.25. The Bertz CT molecular complexity index is 454. The minimum atomic E-state index is -1.47. The normalized spacial score (nSPS) is 12.4. The first-order valence-electron chi connectivity index (χ1n) is 4.53. The molecule has 0 spiro atoms. The van der Waals surface area contributed by atoms with Crippen LogP contribution >= 0.6 is 11.6 Å². The molecule has 1 aromatic carbocycles. The summed E-state index contributed by atoms with van der Waals surface area (Å²) in [5, 5.41) is -0.961. The Kier molecular flexibility index (Phi) is 4.36. The van der Waals surface area contributed by atoms with Crippen molar-refractivity contribution >= 4 is 17.6 Å². The van der Waals surface area contributed by atoms with Crippen molar-refractivity contribution < 1.29 is 22.7 Å². The van der Waals surface area contributed by atoms with E-state index in [1.54, 1.807) is 0 Å². The van der Waals surface area contributed by atoms with Crippen LogP contribution in [0.15, 0.2) is 6.07 Å². The maximum atomic E-state index is 13.4. The van der Waals surface area contributed by atoms with Crippen LogP contribution in [0.25, 0.3) is 0 Å². The summed E-state index contributed by atoms with van der Waals surface area (Å²) in [5.74, 6) is -4.70. The second-order valence-electron chi connectivity index (χ2n) is 3.29. The molecule has 0 aliphatic rings. The van der Waals surface area contributed by atoms with Crippen molar-refractivity contribution in [1.82, 2.24) is 0 Å². The van der Waals surface area contributed by atoms with E-state index in [9.17, 15) is 18.0 Å². The molecule has 1 unspecified atom stereocenters. The molecule has 0 fully saturated rings. The third kappa shape index (κ3) is 2.89. The number of esters is 1. The minimum Gasteiger partial charge on any atom is -0.468 e. The molecule has 1 rings (SSSR count). The highest BCUT2D eigenvalue weighted by molar-refractivity contribution is 6.31. The third-order valence-corrected chi connectivity index (χ3v) is 2.45. The van der Waals surface area contributed by atoms with E-state index in [4.69, 9.17) is 17.3 Å². The van der Waals surface area contributed by atoms with Crippen LogP contribution in [0, 0.1) is 17.5 Å². The zero-order chi connectivity index (χ0) is 13.2. The van der Waals surface area contributed by atoms with E-state index in [1.165, 1.54) is 0 Å². The Labute approximate surface area is 100 Å². The summed E-state index contributed by atoms with van der Waals surface area (Å²) in [7, 11) is 1.11. The van der Waals surface area contributed by atoms with Gasteiger partial charge in [0.05, 0.1) is 7.11 Å². The molecule has 17 heavy (non-hydrogen) atoms. The highest BCUT2D eigenvalue weighted by Gasteiger charge is 2.21. The Balaban J connectivity index is 3.04. The van der Waals surface area contributed by atoms with Gasteiger partial charge in [-0.2, -0.15) is 0 Å². The molecule has 7 heteroatoms. The molecule has 0 heterocycles. The summed E-state index contributed by atoms with van der Waals surface area (Å²) < 4.78 is 43.6. The average Bonchev–Trinajstić information content (AvgIpc) is 2.32. The number of hydrogen-bond donors (Lipinski definition) is 1. The second kappa shape index (κ2) is 5.37. The van der Waals surface area contributed by atoms with Gasteiger partial charge in [-0.15, -0.1) is 0 Å². The first kappa shape index (κ1) is 13.8. The minimum absolute atomic E-state index is 0.285. The SMILES string of the molecule is COC(=O)C(N)Cc1cc(F)c(F)c(Cl)c1F. The predicted octanol–water partition coefficient (Wildman–Crippen LogP) is 1.80. The first-order chi connectivity index (χ1) is 7.88. The van der Waals surface area contributed by atoms with E-state index in [2.05, 4.69) is 4.74 Å². The van der Waals surface area contributed by atoms with Gasteiger partial charge in [0.2, 0.25) is 0 Å². The first-order valence-corrected chi connectivity index (χ1v) is 4.91. The van der Waals surface area contributed by atoms with Gasteiger partial charge in [-0.1, -0.05) is 11.6 Å². The fourth-order valence-electron chi connectivity index (χ4n) is 1.24. The van der Waals surface area contributed by atoms with Crippen LogP contribution in [0.3, 0.4) is 0 Å². The lowest BCUT2D eigenvalue weighted by molar-refractivity contribution is -0.142. The number of nitrogens with two attached hydrogens (primary N) is 1. The molecule has 0 aromatic heterocycles. The van der Waals surface area contributed by atoms with Crippen molar-refractivity contribution in [2.24, 2.45) is 5.73 Å². The lowest BCUT2D eigenvalue weighted by Crippen LogP contribution is -2.34. The molecule has 0 saturated heterocycles. The molecule has 0 amide bonds. The maximum Gasteiger partial charge on any atom is 0.322 e. The molecule has 0 aliphatic heterocycles. The lowest BCUT2D eigenvalue weighted by Gasteiger charge is -2.11. The van der Waals surface area contributed by atoms with Crippen molar-refractivity contribution in [1.29, 1.82) is 0 Å². The van der Waals surface area contributed by atoms with Gasteiger partial charge in [-0.25, -0.2) is 13.2 Å². The van der Waals surface area contributed by atoms with Crippen molar-refractivity contribution in [3.05, 3.63) is 34.1 Å².